The van der Waals surface area contributed by atoms with Crippen LogP contribution in [-0.4, -0.2) is 42.2 Å². The third kappa shape index (κ3) is 3.47. The monoisotopic (exact) mass is 249 g/mol. The SMILES string of the molecule is O=C(O)c1ccccc1OCCCN1CCCC1. The lowest BCUT2D eigenvalue weighted by molar-refractivity contribution is 0.0692. The number of nitrogens with zero attached hydrogens (tertiary/aromatic N) is 1. The molecule has 18 heavy (non-hydrogen) atoms. The summed E-state index contributed by atoms with van der Waals surface area (Å²) in [4.78, 5) is 13.4. The zero-order valence-corrected chi connectivity index (χ0v) is 10.5. The molecule has 1 aliphatic heterocycles. The fraction of sp³-hybridized carbons (Fsp3) is 0.500. The van der Waals surface area contributed by atoms with E-state index in [0.717, 1.165) is 13.0 Å². The second-order valence-corrected chi connectivity index (χ2v) is 4.55. The quantitative estimate of drug-likeness (QED) is 0.786. The molecule has 0 saturated carbocycles. The van der Waals surface area contributed by atoms with E-state index < -0.39 is 5.97 Å². The molecule has 4 nitrogen and oxygen atoms in total. The minimum absolute atomic E-state index is 0.235. The Morgan fingerprint density at radius 3 is 2.72 bits per heavy atom. The van der Waals surface area contributed by atoms with E-state index in [9.17, 15) is 4.79 Å². The number of carbonyl (C=O) groups is 1. The first-order valence-electron chi connectivity index (χ1n) is 6.45. The fourth-order valence-electron chi connectivity index (χ4n) is 2.25. The van der Waals surface area contributed by atoms with Crippen molar-refractivity contribution in [2.45, 2.75) is 19.3 Å². The minimum Gasteiger partial charge on any atom is -0.493 e. The Kier molecular flexibility index (Phi) is 4.59. The molecule has 1 aromatic rings. The van der Waals surface area contributed by atoms with E-state index in [2.05, 4.69) is 4.90 Å². The van der Waals surface area contributed by atoms with Crippen LogP contribution < -0.4 is 4.74 Å². The van der Waals surface area contributed by atoms with Gasteiger partial charge < -0.3 is 14.7 Å². The van der Waals surface area contributed by atoms with Gasteiger partial charge in [-0.2, -0.15) is 0 Å². The van der Waals surface area contributed by atoms with Crippen LogP contribution >= 0.6 is 0 Å². The summed E-state index contributed by atoms with van der Waals surface area (Å²) in [6.07, 6.45) is 3.53. The average Bonchev–Trinajstić information content (AvgIpc) is 2.88. The van der Waals surface area contributed by atoms with Crippen molar-refractivity contribution >= 4 is 5.97 Å². The number of rotatable bonds is 6. The number of carboxylic acids is 1. The van der Waals surface area contributed by atoms with Gasteiger partial charge in [0.05, 0.1) is 6.61 Å². The molecule has 0 aliphatic carbocycles. The zero-order valence-electron chi connectivity index (χ0n) is 10.5. The molecule has 0 amide bonds. The third-order valence-corrected chi connectivity index (χ3v) is 3.19. The highest BCUT2D eigenvalue weighted by Gasteiger charge is 2.12. The van der Waals surface area contributed by atoms with Crippen molar-refractivity contribution in [3.8, 4) is 5.75 Å². The van der Waals surface area contributed by atoms with Gasteiger partial charge in [0.25, 0.3) is 0 Å². The normalized spacial score (nSPS) is 15.8. The molecular weight excluding hydrogens is 230 g/mol. The number of para-hydroxylation sites is 1. The van der Waals surface area contributed by atoms with Crippen molar-refractivity contribution in [1.82, 2.24) is 4.90 Å². The summed E-state index contributed by atoms with van der Waals surface area (Å²) in [6.45, 7) is 3.98. The van der Waals surface area contributed by atoms with Crippen LogP contribution in [0.3, 0.4) is 0 Å². The van der Waals surface area contributed by atoms with E-state index in [0.29, 0.717) is 12.4 Å². The van der Waals surface area contributed by atoms with E-state index in [1.54, 1.807) is 24.3 Å². The van der Waals surface area contributed by atoms with Gasteiger partial charge in [0.1, 0.15) is 11.3 Å². The highest BCUT2D eigenvalue weighted by molar-refractivity contribution is 5.90. The molecule has 2 rings (SSSR count). The summed E-state index contributed by atoms with van der Waals surface area (Å²) in [6, 6.07) is 6.78. The lowest BCUT2D eigenvalue weighted by Gasteiger charge is -2.14. The lowest BCUT2D eigenvalue weighted by atomic mass is 10.2. The Balaban J connectivity index is 1.77. The van der Waals surface area contributed by atoms with E-state index >= 15 is 0 Å². The number of likely N-dealkylation sites (tertiary alicyclic amines) is 1. The van der Waals surface area contributed by atoms with Crippen LogP contribution in [-0.2, 0) is 0 Å². The zero-order chi connectivity index (χ0) is 12.8. The van der Waals surface area contributed by atoms with Crippen LogP contribution in [0.15, 0.2) is 24.3 Å². The Bertz CT molecular complexity index is 400. The highest BCUT2D eigenvalue weighted by atomic mass is 16.5. The maximum Gasteiger partial charge on any atom is 0.339 e. The van der Waals surface area contributed by atoms with Crippen LogP contribution in [0.5, 0.6) is 5.75 Å². The summed E-state index contributed by atoms with van der Waals surface area (Å²) in [5, 5.41) is 9.01. The number of ether oxygens (including phenoxy) is 1. The van der Waals surface area contributed by atoms with Crippen LogP contribution in [0.1, 0.15) is 29.6 Å². The summed E-state index contributed by atoms with van der Waals surface area (Å²) >= 11 is 0. The van der Waals surface area contributed by atoms with Gasteiger partial charge >= 0.3 is 5.97 Å². The van der Waals surface area contributed by atoms with Gasteiger partial charge in [-0.1, -0.05) is 12.1 Å². The molecule has 98 valence electrons. The summed E-state index contributed by atoms with van der Waals surface area (Å²) in [7, 11) is 0. The van der Waals surface area contributed by atoms with E-state index in [1.807, 2.05) is 0 Å². The van der Waals surface area contributed by atoms with Crippen molar-refractivity contribution in [2.24, 2.45) is 0 Å². The molecule has 4 heteroatoms. The lowest BCUT2D eigenvalue weighted by Crippen LogP contribution is -2.22. The van der Waals surface area contributed by atoms with Gasteiger partial charge in [-0.05, 0) is 44.5 Å². The topological polar surface area (TPSA) is 49.8 Å². The molecule has 1 heterocycles. The van der Waals surface area contributed by atoms with Gasteiger partial charge in [-0.3, -0.25) is 0 Å². The smallest absolute Gasteiger partial charge is 0.339 e. The molecule has 1 aliphatic rings. The van der Waals surface area contributed by atoms with E-state index in [4.69, 9.17) is 9.84 Å². The second-order valence-electron chi connectivity index (χ2n) is 4.55. The molecule has 1 N–H and O–H groups in total. The van der Waals surface area contributed by atoms with Gasteiger partial charge in [-0.25, -0.2) is 4.79 Å². The van der Waals surface area contributed by atoms with Gasteiger partial charge in [0.2, 0.25) is 0 Å². The molecule has 0 unspecified atom stereocenters. The van der Waals surface area contributed by atoms with Crippen LogP contribution in [0.2, 0.25) is 0 Å². The van der Waals surface area contributed by atoms with Crippen LogP contribution in [0.25, 0.3) is 0 Å². The number of benzene rings is 1. The molecular formula is C14H19NO3. The first kappa shape index (κ1) is 12.9. The average molecular weight is 249 g/mol. The van der Waals surface area contributed by atoms with E-state index in [-0.39, 0.29) is 5.56 Å². The Morgan fingerprint density at radius 1 is 1.28 bits per heavy atom. The maximum absolute atomic E-state index is 11.0. The van der Waals surface area contributed by atoms with Crippen molar-refractivity contribution in [1.29, 1.82) is 0 Å². The highest BCUT2D eigenvalue weighted by Crippen LogP contribution is 2.18. The van der Waals surface area contributed by atoms with Gasteiger partial charge in [0.15, 0.2) is 0 Å². The first-order valence-corrected chi connectivity index (χ1v) is 6.45. The largest absolute Gasteiger partial charge is 0.493 e. The summed E-state index contributed by atoms with van der Waals surface area (Å²) in [5.41, 5.74) is 0.235. The maximum atomic E-state index is 11.0. The summed E-state index contributed by atoms with van der Waals surface area (Å²) < 4.78 is 5.55. The molecule has 1 fully saturated rings. The van der Waals surface area contributed by atoms with Gasteiger partial charge in [0, 0.05) is 6.54 Å². The number of aromatic carboxylic acids is 1. The number of hydrogen-bond acceptors (Lipinski definition) is 3. The second kappa shape index (κ2) is 6.40. The minimum atomic E-state index is -0.940. The third-order valence-electron chi connectivity index (χ3n) is 3.19. The van der Waals surface area contributed by atoms with Crippen LogP contribution in [0.4, 0.5) is 0 Å². The molecule has 1 aromatic carbocycles. The van der Waals surface area contributed by atoms with Crippen molar-refractivity contribution in [2.75, 3.05) is 26.2 Å². The molecule has 0 bridgehead atoms. The first-order chi connectivity index (χ1) is 8.77. The Morgan fingerprint density at radius 2 is 2.00 bits per heavy atom. The fourth-order valence-corrected chi connectivity index (χ4v) is 2.25. The summed E-state index contributed by atoms with van der Waals surface area (Å²) in [5.74, 6) is -0.475. The molecule has 1 saturated heterocycles. The van der Waals surface area contributed by atoms with Crippen LogP contribution in [0, 0.1) is 0 Å². The molecule has 0 radical (unpaired) electrons. The molecule has 0 atom stereocenters. The predicted molar refractivity (Wildman–Crippen MR) is 69.2 cm³/mol. The van der Waals surface area contributed by atoms with E-state index in [1.165, 1.54) is 25.9 Å². The number of hydrogen-bond donors (Lipinski definition) is 1. The Labute approximate surface area is 107 Å². The predicted octanol–water partition coefficient (Wildman–Crippen LogP) is 2.25. The Hall–Kier alpha value is -1.55. The van der Waals surface area contributed by atoms with Crippen molar-refractivity contribution in [3.63, 3.8) is 0 Å². The molecule has 0 spiro atoms. The van der Waals surface area contributed by atoms with Gasteiger partial charge in [-0.15, -0.1) is 0 Å². The standard InChI is InChI=1S/C14H19NO3/c16-14(17)12-6-1-2-7-13(12)18-11-5-10-15-8-3-4-9-15/h1-2,6-7H,3-5,8-11H2,(H,16,17). The van der Waals surface area contributed by atoms with Crippen molar-refractivity contribution < 1.29 is 14.6 Å². The van der Waals surface area contributed by atoms with Crippen molar-refractivity contribution in [3.05, 3.63) is 29.8 Å². The molecule has 0 aromatic heterocycles. The number of carboxylic acid groups (broad SMARTS) is 1.